The number of ether oxygens (including phenoxy) is 2. The number of carbonyl (C=O) groups excluding carboxylic acids is 1. The van der Waals surface area contributed by atoms with Gasteiger partial charge in [0, 0.05) is 11.5 Å². The number of hydrogen-bond acceptors (Lipinski definition) is 5. The van der Waals surface area contributed by atoms with Crippen LogP contribution in [0, 0.1) is 6.92 Å². The van der Waals surface area contributed by atoms with Crippen LogP contribution in [0.1, 0.15) is 10.7 Å². The van der Waals surface area contributed by atoms with E-state index in [1.165, 1.54) is 17.4 Å². The number of esters is 1. The van der Waals surface area contributed by atoms with Crippen LogP contribution in [-0.4, -0.2) is 18.1 Å². The van der Waals surface area contributed by atoms with Crippen molar-refractivity contribution in [1.82, 2.24) is 4.98 Å². The molecule has 0 spiro atoms. The largest absolute Gasteiger partial charge is 0.497 e. The molecule has 1 heterocycles. The molecule has 0 saturated carbocycles. The second-order valence-electron chi connectivity index (χ2n) is 3.72. The summed E-state index contributed by atoms with van der Waals surface area (Å²) in [5.74, 6) is 0.758. The highest BCUT2D eigenvalue weighted by molar-refractivity contribution is 7.09. The van der Waals surface area contributed by atoms with Gasteiger partial charge < -0.3 is 9.47 Å². The molecule has 1 aromatic heterocycles. The zero-order valence-corrected chi connectivity index (χ0v) is 11.4. The van der Waals surface area contributed by atoms with Crippen molar-refractivity contribution in [2.75, 3.05) is 7.11 Å². The zero-order valence-electron chi connectivity index (χ0n) is 10.6. The van der Waals surface area contributed by atoms with E-state index in [-0.39, 0.29) is 0 Å². The molecular formula is C14H13NO3S. The summed E-state index contributed by atoms with van der Waals surface area (Å²) in [5.41, 5.74) is 0.759. The first-order valence-corrected chi connectivity index (χ1v) is 6.51. The third-order valence-electron chi connectivity index (χ3n) is 2.30. The number of aromatic nitrogens is 1. The topological polar surface area (TPSA) is 48.4 Å². The van der Waals surface area contributed by atoms with E-state index < -0.39 is 5.97 Å². The van der Waals surface area contributed by atoms with Crippen molar-refractivity contribution in [3.05, 3.63) is 46.4 Å². The minimum absolute atomic E-state index is 0.434. The number of aryl methyl sites for hydroxylation is 1. The van der Waals surface area contributed by atoms with Crippen LogP contribution >= 0.6 is 11.3 Å². The van der Waals surface area contributed by atoms with Crippen molar-refractivity contribution in [3.8, 4) is 11.5 Å². The van der Waals surface area contributed by atoms with Crippen LogP contribution in [-0.2, 0) is 4.79 Å². The number of methoxy groups -OCH3 is 1. The van der Waals surface area contributed by atoms with Crippen molar-refractivity contribution in [1.29, 1.82) is 0 Å². The summed E-state index contributed by atoms with van der Waals surface area (Å²) >= 11 is 1.54. The molecule has 0 N–H and O–H groups in total. The summed E-state index contributed by atoms with van der Waals surface area (Å²) in [6.45, 7) is 1.91. The molecule has 0 aliphatic rings. The zero-order chi connectivity index (χ0) is 13.7. The van der Waals surface area contributed by atoms with Gasteiger partial charge >= 0.3 is 5.97 Å². The molecule has 5 heteroatoms. The molecular weight excluding hydrogens is 262 g/mol. The van der Waals surface area contributed by atoms with E-state index in [4.69, 9.17) is 9.47 Å². The third-order valence-corrected chi connectivity index (χ3v) is 3.10. The second-order valence-corrected chi connectivity index (χ2v) is 4.78. The fourth-order valence-electron chi connectivity index (χ4n) is 1.40. The summed E-state index contributed by atoms with van der Waals surface area (Å²) in [6, 6.07) is 6.82. The lowest BCUT2D eigenvalue weighted by Gasteiger charge is -2.02. The fourth-order valence-corrected chi connectivity index (χ4v) is 1.98. The van der Waals surface area contributed by atoms with Crippen LogP contribution in [0.2, 0.25) is 0 Å². The van der Waals surface area contributed by atoms with E-state index in [9.17, 15) is 4.79 Å². The van der Waals surface area contributed by atoms with Gasteiger partial charge in [0.25, 0.3) is 0 Å². The Labute approximate surface area is 115 Å². The molecule has 1 aromatic carbocycles. The Hall–Kier alpha value is -2.14. The van der Waals surface area contributed by atoms with Crippen molar-refractivity contribution in [3.63, 3.8) is 0 Å². The highest BCUT2D eigenvalue weighted by Crippen LogP contribution is 2.17. The van der Waals surface area contributed by atoms with E-state index >= 15 is 0 Å². The summed E-state index contributed by atoms with van der Waals surface area (Å²) in [5, 5.41) is 2.84. The molecule has 2 aromatic rings. The molecule has 0 fully saturated rings. The van der Waals surface area contributed by atoms with E-state index in [1.807, 2.05) is 12.3 Å². The minimum atomic E-state index is -0.434. The molecule has 0 amide bonds. The van der Waals surface area contributed by atoms with Gasteiger partial charge in [-0.15, -0.1) is 11.3 Å². The van der Waals surface area contributed by atoms with Gasteiger partial charge in [-0.2, -0.15) is 0 Å². The normalized spacial score (nSPS) is 10.6. The van der Waals surface area contributed by atoms with Gasteiger partial charge in [0.15, 0.2) is 0 Å². The van der Waals surface area contributed by atoms with Crippen molar-refractivity contribution in [2.24, 2.45) is 0 Å². The van der Waals surface area contributed by atoms with E-state index in [1.54, 1.807) is 37.5 Å². The quantitative estimate of drug-likeness (QED) is 0.489. The molecule has 2 rings (SSSR count). The molecule has 0 radical (unpaired) electrons. The van der Waals surface area contributed by atoms with Crippen LogP contribution in [0.5, 0.6) is 11.5 Å². The lowest BCUT2D eigenvalue weighted by Crippen LogP contribution is -2.03. The minimum Gasteiger partial charge on any atom is -0.497 e. The molecule has 0 aliphatic heterocycles. The highest BCUT2D eigenvalue weighted by Gasteiger charge is 2.01. The Bertz CT molecular complexity index is 587. The smallest absolute Gasteiger partial charge is 0.336 e. The summed E-state index contributed by atoms with van der Waals surface area (Å²) in [4.78, 5) is 15.8. The van der Waals surface area contributed by atoms with Gasteiger partial charge in [-0.1, -0.05) is 0 Å². The second kappa shape index (κ2) is 6.15. The van der Waals surface area contributed by atoms with Crippen LogP contribution < -0.4 is 9.47 Å². The predicted molar refractivity (Wildman–Crippen MR) is 74.5 cm³/mol. The Morgan fingerprint density at radius 2 is 1.95 bits per heavy atom. The van der Waals surface area contributed by atoms with Crippen molar-refractivity contribution in [2.45, 2.75) is 6.92 Å². The molecule has 0 unspecified atom stereocenters. The molecule has 0 aliphatic carbocycles. The van der Waals surface area contributed by atoms with Gasteiger partial charge in [-0.25, -0.2) is 9.78 Å². The summed E-state index contributed by atoms with van der Waals surface area (Å²) < 4.78 is 10.2. The Kier molecular flexibility index (Phi) is 4.30. The Morgan fingerprint density at radius 3 is 2.53 bits per heavy atom. The maximum absolute atomic E-state index is 11.6. The number of rotatable bonds is 4. The average molecular weight is 275 g/mol. The number of hydrogen-bond donors (Lipinski definition) is 0. The fraction of sp³-hybridized carbons (Fsp3) is 0.143. The maximum Gasteiger partial charge on any atom is 0.336 e. The molecule has 0 saturated heterocycles. The summed E-state index contributed by atoms with van der Waals surface area (Å²) in [7, 11) is 1.58. The first-order valence-electron chi connectivity index (χ1n) is 5.63. The van der Waals surface area contributed by atoms with Crippen LogP contribution in [0.4, 0.5) is 0 Å². The molecule has 98 valence electrons. The number of thiazole rings is 1. The van der Waals surface area contributed by atoms with Crippen LogP contribution in [0.15, 0.2) is 35.7 Å². The molecule has 4 nitrogen and oxygen atoms in total. The van der Waals surface area contributed by atoms with Crippen LogP contribution in [0.25, 0.3) is 6.08 Å². The van der Waals surface area contributed by atoms with E-state index in [0.29, 0.717) is 11.5 Å². The van der Waals surface area contributed by atoms with Crippen molar-refractivity contribution < 1.29 is 14.3 Å². The van der Waals surface area contributed by atoms with Crippen molar-refractivity contribution >= 4 is 23.4 Å². The van der Waals surface area contributed by atoms with Gasteiger partial charge in [-0.05, 0) is 37.3 Å². The summed E-state index contributed by atoms with van der Waals surface area (Å²) in [6.07, 6.45) is 2.99. The van der Waals surface area contributed by atoms with Gasteiger partial charge in [0.05, 0.1) is 17.8 Å². The molecule has 19 heavy (non-hydrogen) atoms. The molecule has 0 atom stereocenters. The van der Waals surface area contributed by atoms with Crippen LogP contribution in [0.3, 0.4) is 0 Å². The molecule has 0 bridgehead atoms. The van der Waals surface area contributed by atoms with E-state index in [0.717, 1.165) is 10.7 Å². The number of benzene rings is 1. The Morgan fingerprint density at radius 1 is 1.26 bits per heavy atom. The number of nitrogens with zero attached hydrogens (tertiary/aromatic N) is 1. The monoisotopic (exact) mass is 275 g/mol. The highest BCUT2D eigenvalue weighted by atomic mass is 32.1. The SMILES string of the molecule is COc1ccc(OC(=O)/C=C/c2csc(C)n2)cc1. The Balaban J connectivity index is 1.95. The van der Waals surface area contributed by atoms with Gasteiger partial charge in [0.1, 0.15) is 11.5 Å². The van der Waals surface area contributed by atoms with Gasteiger partial charge in [0.2, 0.25) is 0 Å². The third kappa shape index (κ3) is 3.93. The predicted octanol–water partition coefficient (Wildman–Crippen LogP) is 3.08. The maximum atomic E-state index is 11.6. The standard InChI is InChI=1S/C14H13NO3S/c1-10-15-11(9-19-10)3-8-14(16)18-13-6-4-12(17-2)5-7-13/h3-9H,1-2H3/b8-3+. The first-order chi connectivity index (χ1) is 9.17. The lowest BCUT2D eigenvalue weighted by atomic mass is 10.3. The van der Waals surface area contributed by atoms with E-state index in [2.05, 4.69) is 4.98 Å². The lowest BCUT2D eigenvalue weighted by molar-refractivity contribution is -0.128. The number of carbonyl (C=O) groups is 1. The first kappa shape index (κ1) is 13.3. The average Bonchev–Trinajstić information content (AvgIpc) is 2.83. The van der Waals surface area contributed by atoms with Gasteiger partial charge in [-0.3, -0.25) is 0 Å².